The van der Waals surface area contributed by atoms with Crippen molar-refractivity contribution in [3.05, 3.63) is 57.7 Å². The van der Waals surface area contributed by atoms with Gasteiger partial charge in [0.05, 0.1) is 10.0 Å². The molecule has 0 aliphatic rings. The predicted molar refractivity (Wildman–Crippen MR) is 83.4 cm³/mol. The largest absolute Gasteiger partial charge is 0.350 e. The fourth-order valence-electron chi connectivity index (χ4n) is 2.26. The molecule has 1 heterocycles. The fraction of sp³-hybridized carbons (Fsp3) is 0.0667. The van der Waals surface area contributed by atoms with Crippen LogP contribution in [0.15, 0.2) is 42.6 Å². The minimum absolute atomic E-state index is 0.554. The molecule has 0 spiro atoms. The highest BCUT2D eigenvalue weighted by Crippen LogP contribution is 2.34. The molecule has 96 valence electrons. The van der Waals surface area contributed by atoms with E-state index in [1.165, 1.54) is 0 Å². The van der Waals surface area contributed by atoms with Gasteiger partial charge in [-0.25, -0.2) is 0 Å². The van der Waals surface area contributed by atoms with Crippen LogP contribution in [0.3, 0.4) is 0 Å². The van der Waals surface area contributed by atoms with Gasteiger partial charge >= 0.3 is 0 Å². The number of nitrogens with zero attached hydrogens (tertiary/aromatic N) is 1. The van der Waals surface area contributed by atoms with Crippen LogP contribution < -0.4 is 0 Å². The summed E-state index contributed by atoms with van der Waals surface area (Å²) in [6.45, 7) is 0. The Morgan fingerprint density at radius 1 is 0.895 bits per heavy atom. The van der Waals surface area contributed by atoms with Crippen molar-refractivity contribution in [2.75, 3.05) is 0 Å². The summed E-state index contributed by atoms with van der Waals surface area (Å²) in [5, 5.41) is 2.94. The zero-order valence-corrected chi connectivity index (χ0v) is 12.4. The monoisotopic (exact) mass is 309 g/mol. The summed E-state index contributed by atoms with van der Waals surface area (Å²) in [6.07, 6.45) is 2.07. The maximum atomic E-state index is 6.09. The smallest absolute Gasteiger partial charge is 0.0598 e. The van der Waals surface area contributed by atoms with Crippen molar-refractivity contribution in [2.24, 2.45) is 7.05 Å². The van der Waals surface area contributed by atoms with Gasteiger partial charge in [-0.15, -0.1) is 0 Å². The second kappa shape index (κ2) is 4.75. The Balaban J connectivity index is 2.29. The van der Waals surface area contributed by atoms with Crippen LogP contribution in [-0.4, -0.2) is 4.57 Å². The van der Waals surface area contributed by atoms with Crippen LogP contribution >= 0.6 is 34.8 Å². The van der Waals surface area contributed by atoms with Gasteiger partial charge < -0.3 is 4.57 Å². The number of halogens is 3. The molecular weight excluding hydrogens is 301 g/mol. The van der Waals surface area contributed by atoms with E-state index in [9.17, 15) is 0 Å². The number of hydrogen-bond donors (Lipinski definition) is 0. The molecule has 0 radical (unpaired) electrons. The van der Waals surface area contributed by atoms with Crippen LogP contribution in [0.2, 0.25) is 15.1 Å². The van der Waals surface area contributed by atoms with Gasteiger partial charge in [-0.2, -0.15) is 0 Å². The molecule has 0 saturated carbocycles. The van der Waals surface area contributed by atoms with Crippen LogP contribution in [-0.2, 0) is 7.05 Å². The summed E-state index contributed by atoms with van der Waals surface area (Å²) in [5.41, 5.74) is 3.26. The van der Waals surface area contributed by atoms with Crippen molar-refractivity contribution in [2.45, 2.75) is 0 Å². The maximum Gasteiger partial charge on any atom is 0.0598 e. The summed E-state index contributed by atoms with van der Waals surface area (Å²) in [5.74, 6) is 0. The van der Waals surface area contributed by atoms with Gasteiger partial charge in [0.25, 0.3) is 0 Å². The lowest BCUT2D eigenvalue weighted by Gasteiger charge is -2.02. The third-order valence-electron chi connectivity index (χ3n) is 3.18. The Kier molecular flexibility index (Phi) is 3.22. The molecule has 0 aliphatic carbocycles. The van der Waals surface area contributed by atoms with Crippen LogP contribution in [0.5, 0.6) is 0 Å². The Morgan fingerprint density at radius 2 is 1.68 bits per heavy atom. The van der Waals surface area contributed by atoms with E-state index in [1.54, 1.807) is 0 Å². The summed E-state index contributed by atoms with van der Waals surface area (Å²) in [6, 6.07) is 11.5. The highest BCUT2D eigenvalue weighted by Gasteiger charge is 2.10. The molecule has 4 heteroatoms. The number of benzene rings is 2. The normalized spacial score (nSPS) is 11.2. The van der Waals surface area contributed by atoms with E-state index in [0.29, 0.717) is 10.0 Å². The van der Waals surface area contributed by atoms with Crippen molar-refractivity contribution in [3.8, 4) is 11.1 Å². The Labute approximate surface area is 126 Å². The van der Waals surface area contributed by atoms with Crippen LogP contribution in [0.25, 0.3) is 22.0 Å². The van der Waals surface area contributed by atoms with Crippen molar-refractivity contribution in [1.29, 1.82) is 0 Å². The summed E-state index contributed by atoms with van der Waals surface area (Å²) in [4.78, 5) is 0. The maximum absolute atomic E-state index is 6.09. The molecule has 3 rings (SSSR count). The molecule has 2 aromatic carbocycles. The van der Waals surface area contributed by atoms with Crippen LogP contribution in [0.1, 0.15) is 0 Å². The molecule has 0 unspecified atom stereocenters. The van der Waals surface area contributed by atoms with E-state index >= 15 is 0 Å². The molecule has 3 aromatic rings. The molecule has 19 heavy (non-hydrogen) atoms. The lowest BCUT2D eigenvalue weighted by molar-refractivity contribution is 0.970. The first-order chi connectivity index (χ1) is 9.06. The first-order valence-electron chi connectivity index (χ1n) is 5.76. The average Bonchev–Trinajstić information content (AvgIpc) is 2.70. The van der Waals surface area contributed by atoms with E-state index in [-0.39, 0.29) is 0 Å². The SMILES string of the molecule is Cn1cc(-c2ccc(Cl)c(Cl)c2)c2cc(Cl)ccc21. The minimum atomic E-state index is 0.554. The van der Waals surface area contributed by atoms with Gasteiger partial charge in [0.1, 0.15) is 0 Å². The highest BCUT2D eigenvalue weighted by molar-refractivity contribution is 6.42. The number of aryl methyl sites for hydroxylation is 1. The first kappa shape index (κ1) is 12.9. The van der Waals surface area contributed by atoms with Gasteiger partial charge in [-0.1, -0.05) is 40.9 Å². The summed E-state index contributed by atoms with van der Waals surface area (Å²) >= 11 is 18.1. The van der Waals surface area contributed by atoms with Gasteiger partial charge in [0, 0.05) is 34.7 Å². The van der Waals surface area contributed by atoms with Crippen molar-refractivity contribution in [3.63, 3.8) is 0 Å². The molecule has 1 nitrogen and oxygen atoms in total. The lowest BCUT2D eigenvalue weighted by atomic mass is 10.1. The third kappa shape index (κ3) is 2.23. The molecule has 0 aliphatic heterocycles. The zero-order valence-electron chi connectivity index (χ0n) is 10.1. The molecule has 0 bridgehead atoms. The van der Waals surface area contributed by atoms with E-state index < -0.39 is 0 Å². The quantitative estimate of drug-likeness (QED) is 0.535. The number of aromatic nitrogens is 1. The first-order valence-corrected chi connectivity index (χ1v) is 6.89. The Hall–Kier alpha value is -1.15. The fourth-order valence-corrected chi connectivity index (χ4v) is 2.73. The molecule has 0 amide bonds. The van der Waals surface area contributed by atoms with Gasteiger partial charge in [0.15, 0.2) is 0 Å². The van der Waals surface area contributed by atoms with Gasteiger partial charge in [-0.3, -0.25) is 0 Å². The van der Waals surface area contributed by atoms with Crippen molar-refractivity contribution < 1.29 is 0 Å². The van der Waals surface area contributed by atoms with Gasteiger partial charge in [-0.05, 0) is 35.9 Å². The molecular formula is C15H10Cl3N. The molecule has 0 N–H and O–H groups in total. The van der Waals surface area contributed by atoms with E-state index in [0.717, 1.165) is 27.1 Å². The van der Waals surface area contributed by atoms with Crippen molar-refractivity contribution >= 4 is 45.7 Å². The number of hydrogen-bond acceptors (Lipinski definition) is 0. The van der Waals surface area contributed by atoms with Gasteiger partial charge in [0.2, 0.25) is 0 Å². The number of fused-ring (bicyclic) bond motifs is 1. The molecule has 1 aromatic heterocycles. The molecule has 0 saturated heterocycles. The number of rotatable bonds is 1. The van der Waals surface area contributed by atoms with E-state index in [4.69, 9.17) is 34.8 Å². The van der Waals surface area contributed by atoms with Crippen LogP contribution in [0, 0.1) is 0 Å². The highest BCUT2D eigenvalue weighted by atomic mass is 35.5. The second-order valence-corrected chi connectivity index (χ2v) is 5.69. The summed E-state index contributed by atoms with van der Waals surface area (Å²) < 4.78 is 2.07. The van der Waals surface area contributed by atoms with E-state index in [2.05, 4.69) is 10.8 Å². The summed E-state index contributed by atoms with van der Waals surface area (Å²) in [7, 11) is 2.01. The molecule has 0 atom stereocenters. The lowest BCUT2D eigenvalue weighted by Crippen LogP contribution is -1.82. The standard InChI is InChI=1S/C15H10Cl3N/c1-19-8-12(9-2-4-13(17)14(18)6-9)11-7-10(16)3-5-15(11)19/h2-8H,1H3. The molecule has 0 fully saturated rings. The van der Waals surface area contributed by atoms with Crippen LogP contribution in [0.4, 0.5) is 0 Å². The topological polar surface area (TPSA) is 4.93 Å². The van der Waals surface area contributed by atoms with Crippen molar-refractivity contribution in [1.82, 2.24) is 4.57 Å². The average molecular weight is 311 g/mol. The zero-order chi connectivity index (χ0) is 13.6. The van der Waals surface area contributed by atoms with E-state index in [1.807, 2.05) is 43.4 Å². The minimum Gasteiger partial charge on any atom is -0.350 e. The second-order valence-electron chi connectivity index (χ2n) is 4.44. The Bertz CT molecular complexity index is 774. The third-order valence-corrected chi connectivity index (χ3v) is 4.16. The predicted octanol–water partition coefficient (Wildman–Crippen LogP) is 5.81. The Morgan fingerprint density at radius 3 is 2.42 bits per heavy atom.